The molecule has 11 heteroatoms. The maximum absolute atomic E-state index is 14.5. The molecule has 1 aromatic carbocycles. The van der Waals surface area contributed by atoms with Crippen LogP contribution in [0.25, 0.3) is 0 Å². The van der Waals surface area contributed by atoms with Gasteiger partial charge in [0.25, 0.3) is 11.9 Å². The number of hydrogen-bond donors (Lipinski definition) is 2. The minimum Gasteiger partial charge on any atom is -0.452 e. The minimum absolute atomic E-state index is 0.0261. The number of halogens is 4. The van der Waals surface area contributed by atoms with Crippen LogP contribution in [0, 0.1) is 12.7 Å². The Balaban J connectivity index is 1.91. The number of nitrogens with one attached hydrogen (secondary N) is 1. The molecule has 29 heavy (non-hydrogen) atoms. The zero-order valence-corrected chi connectivity index (χ0v) is 15.4. The Morgan fingerprint density at radius 3 is 2.66 bits per heavy atom. The fraction of sp³-hybridized carbons (Fsp3) is 0.333. The quantitative estimate of drug-likeness (QED) is 0.756. The number of rotatable bonds is 3. The van der Waals surface area contributed by atoms with Gasteiger partial charge in [0, 0.05) is 23.9 Å². The van der Waals surface area contributed by atoms with Crippen molar-refractivity contribution in [1.29, 1.82) is 0 Å². The summed E-state index contributed by atoms with van der Waals surface area (Å²) in [6.07, 6.45) is -4.93. The lowest BCUT2D eigenvalue weighted by Gasteiger charge is -2.36. The lowest BCUT2D eigenvalue weighted by molar-refractivity contribution is -0.208. The molecule has 2 atom stereocenters. The number of nitrogens with zero attached hydrogens (tertiary/aromatic N) is 3. The predicted octanol–water partition coefficient (Wildman–Crippen LogP) is 3.06. The van der Waals surface area contributed by atoms with Crippen molar-refractivity contribution in [3.05, 3.63) is 53.4 Å². The number of benzene rings is 1. The summed E-state index contributed by atoms with van der Waals surface area (Å²) in [5, 5.41) is 2.51. The van der Waals surface area contributed by atoms with Crippen LogP contribution in [0.4, 0.5) is 23.2 Å². The summed E-state index contributed by atoms with van der Waals surface area (Å²) in [6, 6.07) is 2.82. The predicted molar refractivity (Wildman–Crippen MR) is 95.6 cm³/mol. The standard InChI is InChI=1S/C18H17F4N5O2/c1-9-7-25-13(8-24-9)15(28)26-10-3-4-12(19)11(5-10)17(2)6-14(18(20,21)22)29-16(23)27-17/h3-5,7-8,14H,6H2,1-2H3,(H2,23,27)(H,26,28)/t14-,17+/m0/s1. The third-order valence-corrected chi connectivity index (χ3v) is 4.39. The van der Waals surface area contributed by atoms with Crippen LogP contribution in [0.1, 0.15) is 35.1 Å². The van der Waals surface area contributed by atoms with Gasteiger partial charge in [0.15, 0.2) is 6.10 Å². The molecule has 7 nitrogen and oxygen atoms in total. The number of aromatic nitrogens is 2. The van der Waals surface area contributed by atoms with Crippen molar-refractivity contribution >= 4 is 17.6 Å². The van der Waals surface area contributed by atoms with E-state index in [0.717, 1.165) is 6.07 Å². The molecule has 2 aromatic rings. The van der Waals surface area contributed by atoms with Gasteiger partial charge in [-0.1, -0.05) is 0 Å². The van der Waals surface area contributed by atoms with Crippen LogP contribution in [0.5, 0.6) is 0 Å². The molecule has 1 aliphatic heterocycles. The highest BCUT2D eigenvalue weighted by Gasteiger charge is 2.50. The third kappa shape index (κ3) is 4.44. The van der Waals surface area contributed by atoms with E-state index in [9.17, 15) is 22.4 Å². The van der Waals surface area contributed by atoms with Crippen LogP contribution in [-0.2, 0) is 10.3 Å². The van der Waals surface area contributed by atoms with Crippen LogP contribution in [0.2, 0.25) is 0 Å². The Bertz CT molecular complexity index is 962. The van der Waals surface area contributed by atoms with E-state index in [1.54, 1.807) is 6.92 Å². The number of aryl methyl sites for hydroxylation is 1. The molecular formula is C18H17F4N5O2. The Morgan fingerprint density at radius 1 is 1.31 bits per heavy atom. The molecule has 0 bridgehead atoms. The van der Waals surface area contributed by atoms with Crippen LogP contribution >= 0.6 is 0 Å². The van der Waals surface area contributed by atoms with Crippen molar-refractivity contribution in [3.63, 3.8) is 0 Å². The van der Waals surface area contributed by atoms with Crippen LogP contribution in [-0.4, -0.2) is 34.2 Å². The zero-order chi connectivity index (χ0) is 21.4. The average Bonchev–Trinajstić information content (AvgIpc) is 2.62. The van der Waals surface area contributed by atoms with Crippen molar-refractivity contribution in [1.82, 2.24) is 9.97 Å². The van der Waals surface area contributed by atoms with Gasteiger partial charge in [-0.15, -0.1) is 0 Å². The van der Waals surface area contributed by atoms with Gasteiger partial charge >= 0.3 is 6.18 Å². The van der Waals surface area contributed by atoms with Crippen LogP contribution in [0.3, 0.4) is 0 Å². The molecule has 3 N–H and O–H groups in total. The van der Waals surface area contributed by atoms with E-state index in [2.05, 4.69) is 25.0 Å². The molecular weight excluding hydrogens is 394 g/mol. The van der Waals surface area contributed by atoms with Crippen molar-refractivity contribution in [2.24, 2.45) is 10.7 Å². The summed E-state index contributed by atoms with van der Waals surface area (Å²) < 4.78 is 58.5. The normalized spacial score (nSPS) is 21.9. The first kappa shape index (κ1) is 20.5. The van der Waals surface area contributed by atoms with Gasteiger partial charge < -0.3 is 15.8 Å². The van der Waals surface area contributed by atoms with Crippen molar-refractivity contribution in [2.45, 2.75) is 38.1 Å². The largest absolute Gasteiger partial charge is 0.452 e. The van der Waals surface area contributed by atoms with E-state index in [1.165, 1.54) is 31.5 Å². The van der Waals surface area contributed by atoms with Crippen LogP contribution < -0.4 is 11.1 Å². The van der Waals surface area contributed by atoms with Gasteiger partial charge in [-0.05, 0) is 32.0 Å². The second-order valence-corrected chi connectivity index (χ2v) is 6.77. The minimum atomic E-state index is -4.70. The average molecular weight is 411 g/mol. The molecule has 0 unspecified atom stereocenters. The molecule has 0 radical (unpaired) electrons. The second kappa shape index (κ2) is 7.30. The first-order valence-electron chi connectivity index (χ1n) is 8.47. The SMILES string of the molecule is Cc1cnc(C(=O)Nc2ccc(F)c([C@@]3(C)C[C@@H](C(F)(F)F)OC(N)=N3)c2)cn1. The molecule has 154 valence electrons. The molecule has 0 saturated carbocycles. The molecule has 0 aliphatic carbocycles. The van der Waals surface area contributed by atoms with Crippen molar-refractivity contribution < 1.29 is 27.1 Å². The highest BCUT2D eigenvalue weighted by molar-refractivity contribution is 6.02. The highest BCUT2D eigenvalue weighted by atomic mass is 19.4. The van der Waals surface area contributed by atoms with E-state index < -0.39 is 42.0 Å². The molecule has 0 spiro atoms. The topological polar surface area (TPSA) is 102 Å². The molecule has 1 aliphatic rings. The Hall–Kier alpha value is -3.24. The summed E-state index contributed by atoms with van der Waals surface area (Å²) in [6.45, 7) is 3.02. The number of amides is 1. The number of amidine groups is 1. The fourth-order valence-corrected chi connectivity index (χ4v) is 2.94. The van der Waals surface area contributed by atoms with Gasteiger partial charge in [-0.25, -0.2) is 14.4 Å². The van der Waals surface area contributed by atoms with E-state index in [-0.39, 0.29) is 16.9 Å². The maximum atomic E-state index is 14.5. The first-order valence-corrected chi connectivity index (χ1v) is 8.47. The van der Waals surface area contributed by atoms with Crippen molar-refractivity contribution in [2.75, 3.05) is 5.32 Å². The Morgan fingerprint density at radius 2 is 2.03 bits per heavy atom. The second-order valence-electron chi connectivity index (χ2n) is 6.77. The summed E-state index contributed by atoms with van der Waals surface area (Å²) in [4.78, 5) is 24.1. The number of carbonyl (C=O) groups excluding carboxylic acids is 1. The summed E-state index contributed by atoms with van der Waals surface area (Å²) in [5.74, 6) is -1.40. The number of alkyl halides is 3. The van der Waals surface area contributed by atoms with E-state index in [4.69, 9.17) is 5.73 Å². The molecule has 2 heterocycles. The van der Waals surface area contributed by atoms with Gasteiger partial charge in [0.1, 0.15) is 11.5 Å². The smallest absolute Gasteiger partial charge is 0.425 e. The summed E-state index contributed by atoms with van der Waals surface area (Å²) in [7, 11) is 0. The molecule has 0 fully saturated rings. The van der Waals surface area contributed by atoms with Gasteiger partial charge in [-0.2, -0.15) is 13.2 Å². The van der Waals surface area contributed by atoms with Gasteiger partial charge in [0.05, 0.1) is 17.4 Å². The number of carbonyl (C=O) groups is 1. The summed E-state index contributed by atoms with van der Waals surface area (Å²) in [5.41, 5.74) is 4.41. The van der Waals surface area contributed by atoms with Crippen molar-refractivity contribution in [3.8, 4) is 0 Å². The van der Waals surface area contributed by atoms with E-state index >= 15 is 0 Å². The lowest BCUT2D eigenvalue weighted by atomic mass is 9.85. The zero-order valence-electron chi connectivity index (χ0n) is 15.4. The van der Waals surface area contributed by atoms with E-state index in [1.807, 2.05) is 0 Å². The monoisotopic (exact) mass is 411 g/mol. The number of nitrogens with two attached hydrogens (primary N) is 1. The molecule has 1 aromatic heterocycles. The number of ether oxygens (including phenoxy) is 1. The maximum Gasteiger partial charge on any atom is 0.425 e. The van der Waals surface area contributed by atoms with E-state index in [0.29, 0.717) is 5.69 Å². The highest BCUT2D eigenvalue weighted by Crippen LogP contribution is 2.41. The third-order valence-electron chi connectivity index (χ3n) is 4.39. The van der Waals surface area contributed by atoms with Gasteiger partial charge in [-0.3, -0.25) is 9.78 Å². The van der Waals surface area contributed by atoms with Crippen LogP contribution in [0.15, 0.2) is 35.6 Å². The number of hydrogen-bond acceptors (Lipinski definition) is 6. The number of aliphatic imine (C=N–C) groups is 1. The Labute approximate surface area is 163 Å². The Kier molecular flexibility index (Phi) is 5.16. The first-order chi connectivity index (χ1) is 13.5. The molecule has 3 rings (SSSR count). The molecule has 0 saturated heterocycles. The lowest BCUT2D eigenvalue weighted by Crippen LogP contribution is -2.46. The number of anilines is 1. The molecule has 1 amide bonds. The summed E-state index contributed by atoms with van der Waals surface area (Å²) >= 11 is 0. The fourth-order valence-electron chi connectivity index (χ4n) is 2.94. The van der Waals surface area contributed by atoms with Gasteiger partial charge in [0.2, 0.25) is 0 Å².